The van der Waals surface area contributed by atoms with Crippen LogP contribution in [0.2, 0.25) is 5.02 Å². The molecule has 1 fully saturated rings. The van der Waals surface area contributed by atoms with Crippen LogP contribution in [0.5, 0.6) is 0 Å². The maximum absolute atomic E-state index is 13.4. The van der Waals surface area contributed by atoms with Gasteiger partial charge in [-0.3, -0.25) is 4.79 Å². The second-order valence-electron chi connectivity index (χ2n) is 8.74. The summed E-state index contributed by atoms with van der Waals surface area (Å²) in [5, 5.41) is 3.35. The lowest BCUT2D eigenvalue weighted by atomic mass is 9.83. The Morgan fingerprint density at radius 2 is 1.70 bits per heavy atom. The predicted octanol–water partition coefficient (Wildman–Crippen LogP) is 5.84. The fraction of sp³-hybridized carbons (Fsp3) is 0.417. The van der Waals surface area contributed by atoms with E-state index in [2.05, 4.69) is 18.6 Å². The number of hydrogen-bond donors (Lipinski definition) is 1. The highest BCUT2D eigenvalue weighted by atomic mass is 35.5. The van der Waals surface area contributed by atoms with Crippen LogP contribution >= 0.6 is 18.9 Å². The SMILES string of the molecule is Cc1cc(Cl)cc(C)c1NC(=O)C1([P+](C)(C)CC(=O)OCc2ccccc2)CCC1. The Morgan fingerprint density at radius 1 is 1.10 bits per heavy atom. The van der Waals surface area contributed by atoms with Gasteiger partial charge in [-0.15, -0.1) is 0 Å². The van der Waals surface area contributed by atoms with Crippen LogP contribution < -0.4 is 5.32 Å². The Labute approximate surface area is 184 Å². The summed E-state index contributed by atoms with van der Waals surface area (Å²) >= 11 is 6.13. The zero-order chi connectivity index (χ0) is 21.9. The fourth-order valence-electron chi connectivity index (χ4n) is 4.21. The molecule has 1 amide bonds. The number of halogens is 1. The van der Waals surface area contributed by atoms with Crippen LogP contribution in [0.3, 0.4) is 0 Å². The average molecular weight is 447 g/mol. The van der Waals surface area contributed by atoms with Gasteiger partial charge in [0.05, 0.1) is 13.3 Å². The van der Waals surface area contributed by atoms with Crippen molar-refractivity contribution in [2.75, 3.05) is 24.8 Å². The number of anilines is 1. The first-order valence-corrected chi connectivity index (χ1v) is 13.5. The molecule has 1 N–H and O–H groups in total. The summed E-state index contributed by atoms with van der Waals surface area (Å²) in [5.74, 6) is -0.202. The summed E-state index contributed by atoms with van der Waals surface area (Å²) in [6.45, 7) is 8.38. The molecule has 4 nitrogen and oxygen atoms in total. The summed E-state index contributed by atoms with van der Waals surface area (Å²) in [5.41, 5.74) is 3.68. The first kappa shape index (κ1) is 22.8. The number of carbonyl (C=O) groups is 2. The van der Waals surface area contributed by atoms with E-state index in [1.807, 2.05) is 56.3 Å². The number of amides is 1. The third-order valence-electron chi connectivity index (χ3n) is 6.27. The van der Waals surface area contributed by atoms with Crippen molar-refractivity contribution in [1.82, 2.24) is 0 Å². The van der Waals surface area contributed by atoms with Gasteiger partial charge in [0.2, 0.25) is 0 Å². The molecule has 0 aromatic heterocycles. The molecule has 0 unspecified atom stereocenters. The summed E-state index contributed by atoms with van der Waals surface area (Å²) in [6.07, 6.45) is 2.95. The van der Waals surface area contributed by atoms with Crippen molar-refractivity contribution < 1.29 is 14.3 Å². The third-order valence-corrected chi connectivity index (χ3v) is 10.5. The monoisotopic (exact) mass is 446 g/mol. The van der Waals surface area contributed by atoms with Crippen LogP contribution in [0.15, 0.2) is 42.5 Å². The van der Waals surface area contributed by atoms with E-state index in [-0.39, 0.29) is 18.5 Å². The molecule has 0 aliphatic heterocycles. The van der Waals surface area contributed by atoms with Crippen molar-refractivity contribution >= 4 is 36.4 Å². The highest BCUT2D eigenvalue weighted by Gasteiger charge is 2.61. The van der Waals surface area contributed by atoms with E-state index >= 15 is 0 Å². The van der Waals surface area contributed by atoms with Crippen LogP contribution in [-0.4, -0.2) is 36.5 Å². The molecule has 3 rings (SSSR count). The molecular weight excluding hydrogens is 417 g/mol. The smallest absolute Gasteiger partial charge is 0.344 e. The van der Waals surface area contributed by atoms with Gasteiger partial charge in [-0.25, -0.2) is 4.79 Å². The molecule has 1 saturated carbocycles. The molecule has 0 spiro atoms. The van der Waals surface area contributed by atoms with E-state index in [9.17, 15) is 9.59 Å². The van der Waals surface area contributed by atoms with Gasteiger partial charge in [-0.2, -0.15) is 0 Å². The highest BCUT2D eigenvalue weighted by Crippen LogP contribution is 2.70. The van der Waals surface area contributed by atoms with Gasteiger partial charge in [-0.1, -0.05) is 41.9 Å². The lowest BCUT2D eigenvalue weighted by Crippen LogP contribution is -2.51. The van der Waals surface area contributed by atoms with Gasteiger partial charge in [0.15, 0.2) is 11.3 Å². The molecule has 0 atom stereocenters. The minimum Gasteiger partial charge on any atom is -0.458 e. The van der Waals surface area contributed by atoms with Crippen molar-refractivity contribution in [2.24, 2.45) is 0 Å². The lowest BCUT2D eigenvalue weighted by molar-refractivity contribution is -0.141. The van der Waals surface area contributed by atoms with E-state index in [0.29, 0.717) is 11.2 Å². The second-order valence-corrected chi connectivity index (χ2v) is 13.7. The van der Waals surface area contributed by atoms with Crippen molar-refractivity contribution in [2.45, 2.75) is 44.9 Å². The molecule has 0 saturated heterocycles. The number of esters is 1. The van der Waals surface area contributed by atoms with E-state index in [1.165, 1.54) is 0 Å². The average Bonchev–Trinajstić information content (AvgIpc) is 2.62. The van der Waals surface area contributed by atoms with Gasteiger partial charge < -0.3 is 10.1 Å². The Kier molecular flexibility index (Phi) is 6.89. The molecule has 1 aliphatic carbocycles. The van der Waals surface area contributed by atoms with E-state index in [4.69, 9.17) is 16.3 Å². The number of nitrogens with one attached hydrogen (secondary N) is 1. The molecule has 2 aromatic rings. The summed E-state index contributed by atoms with van der Waals surface area (Å²) in [6, 6.07) is 13.4. The van der Waals surface area contributed by atoms with E-state index < -0.39 is 12.4 Å². The molecule has 6 heteroatoms. The maximum Gasteiger partial charge on any atom is 0.344 e. The molecular formula is C24H30ClNO3P+. The quantitative estimate of drug-likeness (QED) is 0.429. The van der Waals surface area contributed by atoms with E-state index in [0.717, 1.165) is 41.6 Å². The number of benzene rings is 2. The molecule has 160 valence electrons. The fourth-order valence-corrected chi connectivity index (χ4v) is 7.71. The van der Waals surface area contributed by atoms with Crippen molar-refractivity contribution in [3.63, 3.8) is 0 Å². The molecule has 1 aliphatic rings. The maximum atomic E-state index is 13.4. The summed E-state index contributed by atoms with van der Waals surface area (Å²) in [7, 11) is -1.90. The molecule has 0 heterocycles. The lowest BCUT2D eigenvalue weighted by Gasteiger charge is -2.45. The number of ether oxygens (including phenoxy) is 1. The first-order chi connectivity index (χ1) is 14.1. The zero-order valence-corrected chi connectivity index (χ0v) is 19.8. The zero-order valence-electron chi connectivity index (χ0n) is 18.1. The topological polar surface area (TPSA) is 55.4 Å². The van der Waals surface area contributed by atoms with Crippen LogP contribution in [0.25, 0.3) is 0 Å². The molecule has 2 aromatic carbocycles. The minimum absolute atomic E-state index is 0.0245. The van der Waals surface area contributed by atoms with Gasteiger partial charge in [-0.05, 0) is 61.9 Å². The van der Waals surface area contributed by atoms with Crippen LogP contribution in [-0.2, 0) is 20.9 Å². The van der Waals surface area contributed by atoms with Crippen molar-refractivity contribution in [3.8, 4) is 0 Å². The van der Waals surface area contributed by atoms with E-state index in [1.54, 1.807) is 0 Å². The molecule has 0 bridgehead atoms. The predicted molar refractivity (Wildman–Crippen MR) is 126 cm³/mol. The second kappa shape index (κ2) is 9.08. The largest absolute Gasteiger partial charge is 0.458 e. The molecule has 30 heavy (non-hydrogen) atoms. The van der Waals surface area contributed by atoms with Gasteiger partial charge >= 0.3 is 5.97 Å². The van der Waals surface area contributed by atoms with Crippen molar-refractivity contribution in [3.05, 3.63) is 64.2 Å². The number of rotatable bonds is 7. The number of carbonyl (C=O) groups excluding carboxylic acids is 2. The Morgan fingerprint density at radius 3 is 2.23 bits per heavy atom. The minimum atomic E-state index is -1.90. The van der Waals surface area contributed by atoms with Crippen LogP contribution in [0.4, 0.5) is 5.69 Å². The van der Waals surface area contributed by atoms with Gasteiger partial charge in [0, 0.05) is 18.0 Å². The van der Waals surface area contributed by atoms with Gasteiger partial charge in [0.1, 0.15) is 6.61 Å². The highest BCUT2D eigenvalue weighted by molar-refractivity contribution is 7.77. The molecule has 0 radical (unpaired) electrons. The van der Waals surface area contributed by atoms with Gasteiger partial charge in [0.25, 0.3) is 5.91 Å². The Bertz CT molecular complexity index is 916. The Balaban J connectivity index is 1.71. The Hall–Kier alpha value is -1.90. The van der Waals surface area contributed by atoms with Crippen LogP contribution in [0, 0.1) is 13.8 Å². The third kappa shape index (κ3) is 4.71. The first-order valence-electron chi connectivity index (χ1n) is 10.3. The summed E-state index contributed by atoms with van der Waals surface area (Å²) < 4.78 is 5.52. The normalized spacial score (nSPS) is 15.2. The number of aryl methyl sites for hydroxylation is 2. The summed E-state index contributed by atoms with van der Waals surface area (Å²) in [4.78, 5) is 26.0. The van der Waals surface area contributed by atoms with Crippen molar-refractivity contribution in [1.29, 1.82) is 0 Å². The standard InChI is InChI=1S/C24H29ClNO3P/c1-17-13-20(25)14-18(2)22(17)26-23(28)24(11-8-12-24)30(3,4)16-21(27)29-15-19-9-6-5-7-10-19/h5-7,9-10,13-14H,8,11-12,15-16H2,1-4H3/p+1. The van der Waals surface area contributed by atoms with Crippen LogP contribution in [0.1, 0.15) is 36.0 Å². The number of hydrogen-bond acceptors (Lipinski definition) is 3.